The van der Waals surface area contributed by atoms with E-state index in [1.807, 2.05) is 6.92 Å². The van der Waals surface area contributed by atoms with Gasteiger partial charge in [-0.05, 0) is 52.1 Å². The molecule has 2 aliphatic rings. The van der Waals surface area contributed by atoms with Gasteiger partial charge in [-0.15, -0.1) is 0 Å². The average molecular weight is 293 g/mol. The third-order valence-corrected chi connectivity index (χ3v) is 4.98. The molecule has 3 atom stereocenters. The molecule has 1 saturated heterocycles. The van der Waals surface area contributed by atoms with Gasteiger partial charge >= 0.3 is 0 Å². The molecule has 1 aliphatic heterocycles. The molecule has 4 heteroatoms. The van der Waals surface area contributed by atoms with E-state index in [2.05, 4.69) is 23.2 Å². The largest absolute Gasteiger partial charge is 0.375 e. The fourth-order valence-corrected chi connectivity index (χ4v) is 3.67. The summed E-state index contributed by atoms with van der Waals surface area (Å²) in [6.45, 7) is 8.15. The SMILES string of the molecule is CCCNC(C)(C#N)CCCN1CCOC2CCCCC21. The van der Waals surface area contributed by atoms with Crippen molar-refractivity contribution in [3.05, 3.63) is 0 Å². The van der Waals surface area contributed by atoms with Crippen molar-refractivity contribution in [3.8, 4) is 6.07 Å². The van der Waals surface area contributed by atoms with E-state index in [1.54, 1.807) is 0 Å². The first-order chi connectivity index (χ1) is 10.2. The van der Waals surface area contributed by atoms with Gasteiger partial charge in [-0.25, -0.2) is 0 Å². The highest BCUT2D eigenvalue weighted by atomic mass is 16.5. The second-order valence-corrected chi connectivity index (χ2v) is 6.77. The Labute approximate surface area is 129 Å². The number of hydrogen-bond donors (Lipinski definition) is 1. The van der Waals surface area contributed by atoms with Gasteiger partial charge in [-0.3, -0.25) is 10.2 Å². The summed E-state index contributed by atoms with van der Waals surface area (Å²) >= 11 is 0. The molecule has 1 heterocycles. The highest BCUT2D eigenvalue weighted by molar-refractivity contribution is 5.03. The zero-order chi connectivity index (χ0) is 15.1. The molecule has 3 unspecified atom stereocenters. The standard InChI is InChI=1S/C17H31N3O/c1-3-10-19-17(2,14-18)9-6-11-20-12-13-21-16-8-5-4-7-15(16)20/h15-16,19H,3-13H2,1-2H3. The molecule has 0 bridgehead atoms. The predicted molar refractivity (Wildman–Crippen MR) is 85.1 cm³/mol. The Morgan fingerprint density at radius 3 is 2.95 bits per heavy atom. The molecule has 0 aromatic rings. The first-order valence-electron chi connectivity index (χ1n) is 8.70. The third-order valence-electron chi connectivity index (χ3n) is 4.98. The minimum Gasteiger partial charge on any atom is -0.375 e. The van der Waals surface area contributed by atoms with Crippen molar-refractivity contribution in [2.75, 3.05) is 26.2 Å². The minimum atomic E-state index is -0.367. The first kappa shape index (κ1) is 16.7. The van der Waals surface area contributed by atoms with Crippen LogP contribution in [0.25, 0.3) is 0 Å². The van der Waals surface area contributed by atoms with Crippen LogP contribution in [0.2, 0.25) is 0 Å². The van der Waals surface area contributed by atoms with Crippen LogP contribution in [0.5, 0.6) is 0 Å². The molecular formula is C17H31N3O. The van der Waals surface area contributed by atoms with Crippen molar-refractivity contribution in [1.29, 1.82) is 5.26 Å². The van der Waals surface area contributed by atoms with E-state index in [4.69, 9.17) is 4.74 Å². The van der Waals surface area contributed by atoms with Crippen LogP contribution >= 0.6 is 0 Å². The summed E-state index contributed by atoms with van der Waals surface area (Å²) < 4.78 is 5.93. The smallest absolute Gasteiger partial charge is 0.103 e. The second-order valence-electron chi connectivity index (χ2n) is 6.77. The zero-order valence-electron chi connectivity index (χ0n) is 13.7. The lowest BCUT2D eigenvalue weighted by molar-refractivity contribution is -0.0884. The van der Waals surface area contributed by atoms with Crippen molar-refractivity contribution >= 4 is 0 Å². The predicted octanol–water partition coefficient (Wildman–Crippen LogP) is 2.69. The highest BCUT2D eigenvalue weighted by Crippen LogP contribution is 2.28. The molecule has 1 saturated carbocycles. The van der Waals surface area contributed by atoms with Gasteiger partial charge in [-0.2, -0.15) is 5.26 Å². The Bertz CT molecular complexity index is 352. The van der Waals surface area contributed by atoms with Gasteiger partial charge in [0.25, 0.3) is 0 Å². The minimum absolute atomic E-state index is 0.367. The van der Waals surface area contributed by atoms with Crippen molar-refractivity contribution < 1.29 is 4.74 Å². The van der Waals surface area contributed by atoms with Gasteiger partial charge in [-0.1, -0.05) is 19.8 Å². The monoisotopic (exact) mass is 293 g/mol. The Morgan fingerprint density at radius 1 is 1.38 bits per heavy atom. The Hall–Kier alpha value is -0.630. The van der Waals surface area contributed by atoms with Gasteiger partial charge in [0, 0.05) is 12.6 Å². The molecule has 0 aromatic heterocycles. The fourth-order valence-electron chi connectivity index (χ4n) is 3.67. The molecule has 0 radical (unpaired) electrons. The van der Waals surface area contributed by atoms with Crippen LogP contribution in [0.3, 0.4) is 0 Å². The number of fused-ring (bicyclic) bond motifs is 1. The maximum Gasteiger partial charge on any atom is 0.103 e. The van der Waals surface area contributed by atoms with Crippen molar-refractivity contribution in [2.24, 2.45) is 0 Å². The van der Waals surface area contributed by atoms with E-state index in [1.165, 1.54) is 25.7 Å². The summed E-state index contributed by atoms with van der Waals surface area (Å²) in [6, 6.07) is 3.08. The number of nitriles is 1. The summed E-state index contributed by atoms with van der Waals surface area (Å²) in [4.78, 5) is 2.62. The van der Waals surface area contributed by atoms with Gasteiger partial charge < -0.3 is 4.74 Å². The molecular weight excluding hydrogens is 262 g/mol. The van der Waals surface area contributed by atoms with Gasteiger partial charge in [0.15, 0.2) is 0 Å². The lowest BCUT2D eigenvalue weighted by atomic mass is 9.89. The molecule has 0 amide bonds. The van der Waals surface area contributed by atoms with Gasteiger partial charge in [0.1, 0.15) is 5.54 Å². The summed E-state index contributed by atoms with van der Waals surface area (Å²) in [6.07, 6.45) is 8.74. The molecule has 1 N–H and O–H groups in total. The van der Waals surface area contributed by atoms with Crippen LogP contribution < -0.4 is 5.32 Å². The van der Waals surface area contributed by atoms with Crippen LogP contribution in [0.1, 0.15) is 58.8 Å². The number of morpholine rings is 1. The van der Waals surface area contributed by atoms with Crippen molar-refractivity contribution in [2.45, 2.75) is 76.5 Å². The molecule has 0 aromatic carbocycles. The van der Waals surface area contributed by atoms with E-state index in [-0.39, 0.29) is 5.54 Å². The van der Waals surface area contributed by atoms with Gasteiger partial charge in [0.2, 0.25) is 0 Å². The van der Waals surface area contributed by atoms with Crippen LogP contribution in [0.15, 0.2) is 0 Å². The van der Waals surface area contributed by atoms with Crippen LogP contribution in [0.4, 0.5) is 0 Å². The lowest BCUT2D eigenvalue weighted by Crippen LogP contribution is -2.53. The maximum atomic E-state index is 9.39. The first-order valence-corrected chi connectivity index (χ1v) is 8.70. The van der Waals surface area contributed by atoms with E-state index >= 15 is 0 Å². The molecule has 21 heavy (non-hydrogen) atoms. The van der Waals surface area contributed by atoms with Gasteiger partial charge in [0.05, 0.1) is 18.8 Å². The van der Waals surface area contributed by atoms with E-state index in [0.717, 1.165) is 45.5 Å². The van der Waals surface area contributed by atoms with Crippen molar-refractivity contribution in [3.63, 3.8) is 0 Å². The van der Waals surface area contributed by atoms with Crippen molar-refractivity contribution in [1.82, 2.24) is 10.2 Å². The van der Waals surface area contributed by atoms with E-state index in [0.29, 0.717) is 12.1 Å². The average Bonchev–Trinajstić information content (AvgIpc) is 2.53. The number of rotatable bonds is 7. The fraction of sp³-hybridized carbons (Fsp3) is 0.941. The number of ether oxygens (including phenoxy) is 1. The second kappa shape index (κ2) is 8.12. The summed E-state index contributed by atoms with van der Waals surface area (Å²) in [5.74, 6) is 0. The lowest BCUT2D eigenvalue weighted by Gasteiger charge is -2.44. The topological polar surface area (TPSA) is 48.3 Å². The molecule has 2 rings (SSSR count). The van der Waals surface area contributed by atoms with Crippen LogP contribution in [-0.4, -0.2) is 48.8 Å². The normalized spacial score (nSPS) is 29.4. The quantitative estimate of drug-likeness (QED) is 0.784. The van der Waals surface area contributed by atoms with E-state index in [9.17, 15) is 5.26 Å². The molecule has 4 nitrogen and oxygen atoms in total. The summed E-state index contributed by atoms with van der Waals surface area (Å²) in [5, 5.41) is 12.8. The number of hydrogen-bond acceptors (Lipinski definition) is 4. The van der Waals surface area contributed by atoms with Crippen LogP contribution in [-0.2, 0) is 4.74 Å². The zero-order valence-corrected chi connectivity index (χ0v) is 13.7. The molecule has 120 valence electrons. The molecule has 0 spiro atoms. The highest BCUT2D eigenvalue weighted by Gasteiger charge is 2.34. The maximum absolute atomic E-state index is 9.39. The number of nitrogens with one attached hydrogen (secondary N) is 1. The molecule has 2 fully saturated rings. The summed E-state index contributed by atoms with van der Waals surface area (Å²) in [5.41, 5.74) is -0.367. The third kappa shape index (κ3) is 4.67. The number of nitrogens with zero attached hydrogens (tertiary/aromatic N) is 2. The Balaban J connectivity index is 1.77. The summed E-state index contributed by atoms with van der Waals surface area (Å²) in [7, 11) is 0. The Morgan fingerprint density at radius 2 is 2.19 bits per heavy atom. The van der Waals surface area contributed by atoms with E-state index < -0.39 is 0 Å². The molecule has 1 aliphatic carbocycles. The Kier molecular flexibility index (Phi) is 6.47. The van der Waals surface area contributed by atoms with Crippen LogP contribution in [0, 0.1) is 11.3 Å².